The van der Waals surface area contributed by atoms with Crippen LogP contribution in [0.5, 0.6) is 11.5 Å². The molecule has 0 saturated heterocycles. The highest BCUT2D eigenvalue weighted by molar-refractivity contribution is 5.47. The predicted molar refractivity (Wildman–Crippen MR) is 112 cm³/mol. The van der Waals surface area contributed by atoms with E-state index < -0.39 is 12.6 Å². The van der Waals surface area contributed by atoms with E-state index in [0.717, 1.165) is 22.3 Å². The highest BCUT2D eigenvalue weighted by Crippen LogP contribution is 2.37. The molecule has 0 aliphatic carbocycles. The van der Waals surface area contributed by atoms with Crippen LogP contribution in [0.1, 0.15) is 71.6 Å². The van der Waals surface area contributed by atoms with Crippen molar-refractivity contribution < 1.29 is 30.6 Å². The van der Waals surface area contributed by atoms with Crippen LogP contribution in [0, 0.1) is 0 Å². The van der Waals surface area contributed by atoms with Gasteiger partial charge in [-0.3, -0.25) is 0 Å². The highest BCUT2D eigenvalue weighted by atomic mass is 16.5. The highest BCUT2D eigenvalue weighted by Gasteiger charge is 2.21. The minimum absolute atomic E-state index is 0.0463. The van der Waals surface area contributed by atoms with Gasteiger partial charge < -0.3 is 30.6 Å². The van der Waals surface area contributed by atoms with Crippen molar-refractivity contribution in [3.05, 3.63) is 94.0 Å². The first-order valence-electron chi connectivity index (χ1n) is 9.67. The molecule has 0 aromatic heterocycles. The van der Waals surface area contributed by atoms with Crippen molar-refractivity contribution >= 4 is 0 Å². The first-order chi connectivity index (χ1) is 14.2. The maximum Gasteiger partial charge on any atom is 0.182 e. The second-order valence-electron chi connectivity index (χ2n) is 7.46. The molecule has 0 bridgehead atoms. The largest absolute Gasteiger partial charge is 0.507 e. The third-order valence-corrected chi connectivity index (χ3v) is 5.59. The summed E-state index contributed by atoms with van der Waals surface area (Å²) in [5, 5.41) is 57.7. The number of benzene rings is 3. The molecule has 0 amide bonds. The molecule has 6 heteroatoms. The van der Waals surface area contributed by atoms with Gasteiger partial charge in [-0.2, -0.15) is 0 Å². The van der Waals surface area contributed by atoms with Gasteiger partial charge in [0.2, 0.25) is 0 Å². The minimum Gasteiger partial charge on any atom is -0.507 e. The molecule has 6 N–H and O–H groups in total. The van der Waals surface area contributed by atoms with Gasteiger partial charge in [0, 0.05) is 23.0 Å². The fourth-order valence-electron chi connectivity index (χ4n) is 3.76. The van der Waals surface area contributed by atoms with Crippen molar-refractivity contribution in [2.45, 2.75) is 38.3 Å². The molecule has 0 heterocycles. The standard InChI is InChI=1S/C24H26O6/c1-13(15-7-9-21(25)19(11-15)23(27)28)17-5-3-4-6-18(17)14(2)16-8-10-22(26)20(12-16)24(29)30/h3-14,23-30H,1-2H3. The van der Waals surface area contributed by atoms with E-state index in [2.05, 4.69) is 0 Å². The first-order valence-corrected chi connectivity index (χ1v) is 9.67. The molecule has 3 aromatic rings. The monoisotopic (exact) mass is 410 g/mol. The summed E-state index contributed by atoms with van der Waals surface area (Å²) in [6.07, 6.45) is -3.54. The van der Waals surface area contributed by atoms with Crippen LogP contribution in [0.2, 0.25) is 0 Å². The van der Waals surface area contributed by atoms with Crippen molar-refractivity contribution in [3.8, 4) is 11.5 Å². The topological polar surface area (TPSA) is 121 Å². The molecule has 0 aliphatic rings. The Labute approximate surface area is 175 Å². The Balaban J connectivity index is 2.02. The van der Waals surface area contributed by atoms with Crippen LogP contribution in [0.15, 0.2) is 60.7 Å². The van der Waals surface area contributed by atoms with E-state index in [0.29, 0.717) is 0 Å². The van der Waals surface area contributed by atoms with Crippen LogP contribution in [0.4, 0.5) is 0 Å². The number of rotatable bonds is 6. The van der Waals surface area contributed by atoms with Crippen LogP contribution in [-0.2, 0) is 0 Å². The van der Waals surface area contributed by atoms with Gasteiger partial charge in [-0.05, 0) is 46.5 Å². The van der Waals surface area contributed by atoms with Gasteiger partial charge in [0.15, 0.2) is 12.6 Å². The molecule has 0 radical (unpaired) electrons. The summed E-state index contributed by atoms with van der Waals surface area (Å²) in [5.74, 6) is -0.577. The summed E-state index contributed by atoms with van der Waals surface area (Å²) in [6, 6.07) is 17.3. The molecule has 0 aliphatic heterocycles. The molecule has 0 fully saturated rings. The number of phenolic OH excluding ortho intramolecular Hbond substituents is 2. The lowest BCUT2D eigenvalue weighted by atomic mass is 9.82. The van der Waals surface area contributed by atoms with E-state index in [1.807, 2.05) is 38.1 Å². The summed E-state index contributed by atoms with van der Waals surface area (Å²) >= 11 is 0. The Bertz CT molecular complexity index is 945. The van der Waals surface area contributed by atoms with E-state index in [4.69, 9.17) is 0 Å². The number of phenols is 2. The van der Waals surface area contributed by atoms with E-state index in [9.17, 15) is 30.6 Å². The van der Waals surface area contributed by atoms with Crippen LogP contribution in [0.25, 0.3) is 0 Å². The van der Waals surface area contributed by atoms with Gasteiger partial charge in [-0.25, -0.2) is 0 Å². The third kappa shape index (κ3) is 4.32. The van der Waals surface area contributed by atoms with Crippen molar-refractivity contribution in [2.24, 2.45) is 0 Å². The minimum atomic E-state index is -1.77. The van der Waals surface area contributed by atoms with Gasteiger partial charge in [0.25, 0.3) is 0 Å². The molecular weight excluding hydrogens is 384 g/mol. The molecule has 6 nitrogen and oxygen atoms in total. The molecule has 30 heavy (non-hydrogen) atoms. The van der Waals surface area contributed by atoms with E-state index in [1.54, 1.807) is 24.3 Å². The molecular formula is C24H26O6. The fraction of sp³-hybridized carbons (Fsp3) is 0.250. The maximum absolute atomic E-state index is 9.86. The van der Waals surface area contributed by atoms with Crippen LogP contribution in [-0.4, -0.2) is 30.6 Å². The fourth-order valence-corrected chi connectivity index (χ4v) is 3.76. The van der Waals surface area contributed by atoms with Crippen molar-refractivity contribution in [3.63, 3.8) is 0 Å². The SMILES string of the molecule is CC(c1ccc(O)c(C(O)O)c1)c1ccccc1C(C)c1ccc(O)c(C(O)O)c1. The van der Waals surface area contributed by atoms with Crippen LogP contribution in [0.3, 0.4) is 0 Å². The van der Waals surface area contributed by atoms with Crippen LogP contribution >= 0.6 is 0 Å². The summed E-state index contributed by atoms with van der Waals surface area (Å²) < 4.78 is 0. The normalized spacial score (nSPS) is 13.6. The van der Waals surface area contributed by atoms with Gasteiger partial charge in [-0.15, -0.1) is 0 Å². The third-order valence-electron chi connectivity index (χ3n) is 5.59. The molecule has 2 atom stereocenters. The number of hydrogen-bond donors (Lipinski definition) is 6. The van der Waals surface area contributed by atoms with Crippen LogP contribution < -0.4 is 0 Å². The van der Waals surface area contributed by atoms with Gasteiger partial charge in [0.1, 0.15) is 11.5 Å². The van der Waals surface area contributed by atoms with E-state index in [-0.39, 0.29) is 34.5 Å². The Kier molecular flexibility index (Phi) is 6.43. The molecule has 2 unspecified atom stereocenters. The molecule has 0 spiro atoms. The summed E-state index contributed by atoms with van der Waals surface area (Å²) in [6.45, 7) is 3.98. The zero-order valence-corrected chi connectivity index (χ0v) is 16.8. The molecule has 3 aromatic carbocycles. The van der Waals surface area contributed by atoms with Crippen molar-refractivity contribution in [2.75, 3.05) is 0 Å². The maximum atomic E-state index is 9.86. The molecule has 3 rings (SSSR count). The van der Waals surface area contributed by atoms with Gasteiger partial charge in [-0.1, -0.05) is 50.2 Å². The van der Waals surface area contributed by atoms with Crippen molar-refractivity contribution in [1.82, 2.24) is 0 Å². The van der Waals surface area contributed by atoms with E-state index in [1.165, 1.54) is 12.1 Å². The Morgan fingerprint density at radius 3 is 1.23 bits per heavy atom. The zero-order chi connectivity index (χ0) is 22.0. The average Bonchev–Trinajstić information content (AvgIpc) is 2.73. The summed E-state index contributed by atoms with van der Waals surface area (Å²) in [5.41, 5.74) is 3.73. The lowest BCUT2D eigenvalue weighted by Gasteiger charge is -2.23. The van der Waals surface area contributed by atoms with Gasteiger partial charge >= 0.3 is 0 Å². The second kappa shape index (κ2) is 8.85. The lowest BCUT2D eigenvalue weighted by molar-refractivity contribution is -0.0446. The summed E-state index contributed by atoms with van der Waals surface area (Å²) in [4.78, 5) is 0. The quantitative estimate of drug-likeness (QED) is 0.347. The Morgan fingerprint density at radius 2 is 0.900 bits per heavy atom. The lowest BCUT2D eigenvalue weighted by Crippen LogP contribution is -2.07. The zero-order valence-electron chi connectivity index (χ0n) is 16.8. The van der Waals surface area contributed by atoms with E-state index >= 15 is 0 Å². The molecule has 158 valence electrons. The number of aliphatic hydroxyl groups is 4. The average molecular weight is 410 g/mol. The second-order valence-corrected chi connectivity index (χ2v) is 7.46. The Hall–Kier alpha value is -2.90. The Morgan fingerprint density at radius 1 is 0.533 bits per heavy atom. The van der Waals surface area contributed by atoms with Gasteiger partial charge in [0.05, 0.1) is 0 Å². The predicted octanol–water partition coefficient (Wildman–Crippen LogP) is 3.37. The number of aliphatic hydroxyl groups excluding tert-OH is 2. The van der Waals surface area contributed by atoms with Crippen molar-refractivity contribution in [1.29, 1.82) is 0 Å². The summed E-state index contributed by atoms with van der Waals surface area (Å²) in [7, 11) is 0. The smallest absolute Gasteiger partial charge is 0.182 e. The molecule has 0 saturated carbocycles. The number of hydrogen-bond acceptors (Lipinski definition) is 6. The first kappa shape index (κ1) is 21.8. The number of aromatic hydroxyl groups is 2.